The molecule has 0 aliphatic heterocycles. The van der Waals surface area contributed by atoms with Gasteiger partial charge in [0, 0.05) is 6.26 Å². The SMILES string of the molecule is CCC(NC(=O)C(C)Oc1ccc(OC)cc1)c1ccc(S(C)(=O)=O)cc1. The molecule has 0 spiro atoms. The van der Waals surface area contributed by atoms with E-state index in [2.05, 4.69) is 5.32 Å². The third kappa shape index (κ3) is 5.72. The fraction of sp³-hybridized carbons (Fsp3) is 0.350. The van der Waals surface area contributed by atoms with Crippen molar-refractivity contribution in [3.63, 3.8) is 0 Å². The topological polar surface area (TPSA) is 81.7 Å². The number of sulfone groups is 1. The molecule has 7 heteroatoms. The molecule has 2 atom stereocenters. The lowest BCUT2D eigenvalue weighted by atomic mass is 10.0. The van der Waals surface area contributed by atoms with Gasteiger partial charge in [-0.25, -0.2) is 8.42 Å². The van der Waals surface area contributed by atoms with E-state index in [1.807, 2.05) is 6.92 Å². The van der Waals surface area contributed by atoms with Crippen molar-refractivity contribution < 1.29 is 22.7 Å². The number of carbonyl (C=O) groups excluding carboxylic acids is 1. The molecule has 2 aromatic carbocycles. The van der Waals surface area contributed by atoms with Gasteiger partial charge in [-0.15, -0.1) is 0 Å². The summed E-state index contributed by atoms with van der Waals surface area (Å²) in [6.07, 6.45) is 1.15. The number of ether oxygens (including phenoxy) is 2. The molecule has 1 amide bonds. The summed E-state index contributed by atoms with van der Waals surface area (Å²) >= 11 is 0. The van der Waals surface area contributed by atoms with Gasteiger partial charge in [-0.3, -0.25) is 4.79 Å². The van der Waals surface area contributed by atoms with Crippen molar-refractivity contribution in [2.75, 3.05) is 13.4 Å². The van der Waals surface area contributed by atoms with Gasteiger partial charge in [0.2, 0.25) is 0 Å². The van der Waals surface area contributed by atoms with Crippen LogP contribution in [0.4, 0.5) is 0 Å². The molecule has 2 aromatic rings. The van der Waals surface area contributed by atoms with Crippen LogP contribution in [-0.4, -0.2) is 33.8 Å². The molecule has 0 radical (unpaired) electrons. The van der Waals surface area contributed by atoms with Crippen LogP contribution in [-0.2, 0) is 14.6 Å². The van der Waals surface area contributed by atoms with Crippen molar-refractivity contribution in [3.05, 3.63) is 54.1 Å². The molecule has 0 aliphatic carbocycles. The van der Waals surface area contributed by atoms with Crippen LogP contribution in [0, 0.1) is 0 Å². The zero-order valence-electron chi connectivity index (χ0n) is 15.9. The Balaban J connectivity index is 2.02. The van der Waals surface area contributed by atoms with Crippen LogP contribution < -0.4 is 14.8 Å². The first-order valence-electron chi connectivity index (χ1n) is 8.65. The summed E-state index contributed by atoms with van der Waals surface area (Å²) in [5.74, 6) is 1.04. The van der Waals surface area contributed by atoms with Crippen LogP contribution in [0.5, 0.6) is 11.5 Å². The summed E-state index contributed by atoms with van der Waals surface area (Å²) in [5.41, 5.74) is 0.842. The van der Waals surface area contributed by atoms with Gasteiger partial charge < -0.3 is 14.8 Å². The van der Waals surface area contributed by atoms with E-state index in [4.69, 9.17) is 9.47 Å². The lowest BCUT2D eigenvalue weighted by Gasteiger charge is -2.21. The van der Waals surface area contributed by atoms with Crippen LogP contribution in [0.25, 0.3) is 0 Å². The fourth-order valence-electron chi connectivity index (χ4n) is 2.57. The third-order valence-electron chi connectivity index (χ3n) is 4.18. The Hall–Kier alpha value is -2.54. The minimum absolute atomic E-state index is 0.229. The molecule has 0 bridgehead atoms. The van der Waals surface area contributed by atoms with Crippen molar-refractivity contribution in [1.82, 2.24) is 5.32 Å². The molecule has 2 rings (SSSR count). The van der Waals surface area contributed by atoms with Crippen molar-refractivity contribution >= 4 is 15.7 Å². The lowest BCUT2D eigenvalue weighted by molar-refractivity contribution is -0.128. The molecule has 0 aromatic heterocycles. The Morgan fingerprint density at radius 1 is 1.04 bits per heavy atom. The van der Waals surface area contributed by atoms with E-state index in [0.717, 1.165) is 5.56 Å². The van der Waals surface area contributed by atoms with Gasteiger partial charge in [-0.05, 0) is 55.3 Å². The second-order valence-electron chi connectivity index (χ2n) is 6.25. The smallest absolute Gasteiger partial charge is 0.261 e. The molecule has 146 valence electrons. The first-order chi connectivity index (χ1) is 12.7. The number of hydrogen-bond acceptors (Lipinski definition) is 5. The van der Waals surface area contributed by atoms with Crippen molar-refractivity contribution in [3.8, 4) is 11.5 Å². The Kier molecular flexibility index (Phi) is 6.85. The second-order valence-corrected chi connectivity index (χ2v) is 8.26. The highest BCUT2D eigenvalue weighted by atomic mass is 32.2. The molecule has 2 unspecified atom stereocenters. The largest absolute Gasteiger partial charge is 0.497 e. The predicted molar refractivity (Wildman–Crippen MR) is 104 cm³/mol. The minimum Gasteiger partial charge on any atom is -0.497 e. The fourth-order valence-corrected chi connectivity index (χ4v) is 3.20. The van der Waals surface area contributed by atoms with E-state index < -0.39 is 15.9 Å². The predicted octanol–water partition coefficient (Wildman–Crippen LogP) is 3.13. The number of nitrogens with one attached hydrogen (secondary N) is 1. The van der Waals surface area contributed by atoms with Crippen molar-refractivity contribution in [1.29, 1.82) is 0 Å². The molecule has 0 fully saturated rings. The first kappa shape index (κ1) is 20.8. The van der Waals surface area contributed by atoms with Gasteiger partial charge in [0.15, 0.2) is 15.9 Å². The van der Waals surface area contributed by atoms with Gasteiger partial charge in [0.1, 0.15) is 11.5 Å². The van der Waals surface area contributed by atoms with Crippen LogP contribution in [0.15, 0.2) is 53.4 Å². The average Bonchev–Trinajstić information content (AvgIpc) is 2.66. The summed E-state index contributed by atoms with van der Waals surface area (Å²) in [7, 11) is -1.66. The minimum atomic E-state index is -3.24. The maximum atomic E-state index is 12.5. The van der Waals surface area contributed by atoms with Gasteiger partial charge in [0.25, 0.3) is 5.91 Å². The number of amides is 1. The monoisotopic (exact) mass is 391 g/mol. The number of carbonyl (C=O) groups is 1. The Bertz CT molecular complexity index is 860. The van der Waals surface area contributed by atoms with Crippen LogP contribution >= 0.6 is 0 Å². The molecular formula is C20H25NO5S. The molecule has 27 heavy (non-hydrogen) atoms. The van der Waals surface area contributed by atoms with E-state index >= 15 is 0 Å². The van der Waals surface area contributed by atoms with Gasteiger partial charge in [-0.2, -0.15) is 0 Å². The van der Waals surface area contributed by atoms with Crippen LogP contribution in [0.3, 0.4) is 0 Å². The summed E-state index contributed by atoms with van der Waals surface area (Å²) in [6.45, 7) is 3.63. The number of rotatable bonds is 8. The van der Waals surface area contributed by atoms with Gasteiger partial charge in [-0.1, -0.05) is 19.1 Å². The van der Waals surface area contributed by atoms with Crippen LogP contribution in [0.2, 0.25) is 0 Å². The van der Waals surface area contributed by atoms with Gasteiger partial charge >= 0.3 is 0 Å². The van der Waals surface area contributed by atoms with E-state index in [9.17, 15) is 13.2 Å². The highest BCUT2D eigenvalue weighted by Gasteiger charge is 2.20. The van der Waals surface area contributed by atoms with E-state index in [-0.39, 0.29) is 16.8 Å². The summed E-state index contributed by atoms with van der Waals surface area (Å²) in [6, 6.07) is 13.3. The van der Waals surface area contributed by atoms with E-state index in [1.165, 1.54) is 6.26 Å². The molecule has 1 N–H and O–H groups in total. The summed E-state index contributed by atoms with van der Waals surface area (Å²) in [4.78, 5) is 12.7. The second kappa shape index (κ2) is 8.90. The van der Waals surface area contributed by atoms with Crippen molar-refractivity contribution in [2.24, 2.45) is 0 Å². The maximum absolute atomic E-state index is 12.5. The lowest BCUT2D eigenvalue weighted by Crippen LogP contribution is -2.38. The molecule has 0 heterocycles. The Labute approximate surface area is 160 Å². The normalized spacial score (nSPS) is 13.5. The van der Waals surface area contributed by atoms with Crippen LogP contribution in [0.1, 0.15) is 31.9 Å². The number of benzene rings is 2. The average molecular weight is 391 g/mol. The summed E-state index contributed by atoms with van der Waals surface area (Å²) in [5, 5.41) is 2.95. The quantitative estimate of drug-likeness (QED) is 0.748. The number of hydrogen-bond donors (Lipinski definition) is 1. The van der Waals surface area contributed by atoms with Crippen molar-refractivity contribution in [2.45, 2.75) is 37.3 Å². The molecule has 0 saturated carbocycles. The first-order valence-corrected chi connectivity index (χ1v) is 10.5. The summed E-state index contributed by atoms with van der Waals surface area (Å²) < 4.78 is 33.9. The number of methoxy groups -OCH3 is 1. The molecule has 0 saturated heterocycles. The Morgan fingerprint density at radius 2 is 1.59 bits per heavy atom. The zero-order valence-corrected chi connectivity index (χ0v) is 16.7. The Morgan fingerprint density at radius 3 is 2.07 bits per heavy atom. The van der Waals surface area contributed by atoms with Gasteiger partial charge in [0.05, 0.1) is 18.0 Å². The highest BCUT2D eigenvalue weighted by Crippen LogP contribution is 2.21. The highest BCUT2D eigenvalue weighted by molar-refractivity contribution is 7.90. The van der Waals surface area contributed by atoms with E-state index in [0.29, 0.717) is 17.9 Å². The molecule has 6 nitrogen and oxygen atoms in total. The molecular weight excluding hydrogens is 366 g/mol. The third-order valence-corrected chi connectivity index (χ3v) is 5.31. The standard InChI is InChI=1S/C20H25NO5S/c1-5-19(15-6-12-18(13-7-15)27(4,23)24)21-20(22)14(2)26-17-10-8-16(25-3)9-11-17/h6-14,19H,5H2,1-4H3,(H,21,22). The molecule has 0 aliphatic rings. The zero-order chi connectivity index (χ0) is 20.0. The van der Waals surface area contributed by atoms with E-state index in [1.54, 1.807) is 62.6 Å². The maximum Gasteiger partial charge on any atom is 0.261 e.